The number of nitrogens with one attached hydrogen (secondary N) is 1. The summed E-state index contributed by atoms with van der Waals surface area (Å²) in [5, 5.41) is 3.86. The van der Waals surface area contributed by atoms with E-state index in [4.69, 9.17) is 21.1 Å². The highest BCUT2D eigenvalue weighted by atomic mass is 35.5. The van der Waals surface area contributed by atoms with E-state index < -0.39 is 0 Å². The molecule has 0 unspecified atom stereocenters. The minimum atomic E-state index is 0.245. The highest BCUT2D eigenvalue weighted by molar-refractivity contribution is 6.33. The number of hydrogen-bond donors (Lipinski definition) is 1. The third-order valence-electron chi connectivity index (χ3n) is 2.89. The molecule has 0 aliphatic carbocycles. The van der Waals surface area contributed by atoms with Crippen LogP contribution in [0.25, 0.3) is 0 Å². The second kappa shape index (κ2) is 4.97. The molecule has 0 bridgehead atoms. The van der Waals surface area contributed by atoms with Crippen LogP contribution in [0.15, 0.2) is 30.5 Å². The quantitative estimate of drug-likeness (QED) is 0.933. The van der Waals surface area contributed by atoms with Gasteiger partial charge in [-0.2, -0.15) is 0 Å². The normalized spacial score (nSPS) is 12.5. The zero-order chi connectivity index (χ0) is 13.2. The molecule has 0 spiro atoms. The number of anilines is 1. The van der Waals surface area contributed by atoms with E-state index in [-0.39, 0.29) is 6.79 Å². The Kier molecular flexibility index (Phi) is 3.17. The van der Waals surface area contributed by atoms with Crippen LogP contribution in [0, 0.1) is 6.92 Å². The zero-order valence-corrected chi connectivity index (χ0v) is 11.2. The van der Waals surface area contributed by atoms with E-state index in [0.717, 1.165) is 16.9 Å². The summed E-state index contributed by atoms with van der Waals surface area (Å²) in [4.78, 5) is 4.33. The number of nitrogens with zero attached hydrogens (tertiary/aromatic N) is 1. The number of aromatic nitrogens is 1. The van der Waals surface area contributed by atoms with Crippen LogP contribution in [0.2, 0.25) is 5.02 Å². The van der Waals surface area contributed by atoms with E-state index in [1.807, 2.05) is 31.3 Å². The minimum Gasteiger partial charge on any atom is -0.454 e. The maximum atomic E-state index is 6.18. The third kappa shape index (κ3) is 2.58. The average Bonchev–Trinajstić information content (AvgIpc) is 2.85. The fraction of sp³-hybridized carbons (Fsp3) is 0.214. The van der Waals surface area contributed by atoms with Crippen LogP contribution < -0.4 is 14.8 Å². The molecule has 98 valence electrons. The molecule has 0 amide bonds. The van der Waals surface area contributed by atoms with Gasteiger partial charge in [0.1, 0.15) is 0 Å². The van der Waals surface area contributed by atoms with Crippen LogP contribution in [-0.2, 0) is 6.54 Å². The molecule has 1 aliphatic rings. The standard InChI is InChI=1S/C14H13ClN2O2/c1-9-2-3-10(16-6-9)7-17-12-5-14-13(4-11(12)15)18-8-19-14/h2-6,17H,7-8H2,1H3. The van der Waals surface area contributed by atoms with Gasteiger partial charge in [-0.3, -0.25) is 4.98 Å². The first-order valence-electron chi connectivity index (χ1n) is 5.97. The van der Waals surface area contributed by atoms with E-state index in [1.165, 1.54) is 0 Å². The first-order valence-corrected chi connectivity index (χ1v) is 6.35. The van der Waals surface area contributed by atoms with Crippen molar-refractivity contribution in [2.75, 3.05) is 12.1 Å². The number of hydrogen-bond acceptors (Lipinski definition) is 4. The Hall–Kier alpha value is -1.94. The summed E-state index contributed by atoms with van der Waals surface area (Å²) in [7, 11) is 0. The van der Waals surface area contributed by atoms with Crippen LogP contribution in [0.3, 0.4) is 0 Å². The Morgan fingerprint density at radius 2 is 2.05 bits per heavy atom. The lowest BCUT2D eigenvalue weighted by Gasteiger charge is -2.09. The smallest absolute Gasteiger partial charge is 0.231 e. The number of aryl methyl sites for hydroxylation is 1. The summed E-state index contributed by atoms with van der Waals surface area (Å²) in [6, 6.07) is 7.63. The lowest BCUT2D eigenvalue weighted by Crippen LogP contribution is -2.02. The van der Waals surface area contributed by atoms with Crippen molar-refractivity contribution in [1.29, 1.82) is 0 Å². The Morgan fingerprint density at radius 3 is 2.79 bits per heavy atom. The van der Waals surface area contributed by atoms with Gasteiger partial charge >= 0.3 is 0 Å². The van der Waals surface area contributed by atoms with Gasteiger partial charge in [-0.15, -0.1) is 0 Å². The second-order valence-electron chi connectivity index (χ2n) is 4.37. The number of benzene rings is 1. The summed E-state index contributed by atoms with van der Waals surface area (Å²) in [6.45, 7) is 2.87. The van der Waals surface area contributed by atoms with Crippen molar-refractivity contribution in [3.8, 4) is 11.5 Å². The molecule has 2 aromatic rings. The van der Waals surface area contributed by atoms with Gasteiger partial charge in [0.05, 0.1) is 22.9 Å². The van der Waals surface area contributed by atoms with E-state index >= 15 is 0 Å². The number of rotatable bonds is 3. The molecule has 4 nitrogen and oxygen atoms in total. The number of halogens is 1. The molecule has 5 heteroatoms. The first kappa shape index (κ1) is 12.1. The van der Waals surface area contributed by atoms with Crippen LogP contribution in [0.5, 0.6) is 11.5 Å². The molecular formula is C14H13ClN2O2. The van der Waals surface area contributed by atoms with Crippen molar-refractivity contribution in [3.63, 3.8) is 0 Å². The molecule has 1 aromatic carbocycles. The molecule has 0 saturated carbocycles. The van der Waals surface area contributed by atoms with E-state index in [0.29, 0.717) is 23.1 Å². The second-order valence-corrected chi connectivity index (χ2v) is 4.77. The molecular weight excluding hydrogens is 264 g/mol. The van der Waals surface area contributed by atoms with Gasteiger partial charge in [-0.05, 0) is 18.6 Å². The third-order valence-corrected chi connectivity index (χ3v) is 3.21. The Bertz CT molecular complexity index is 599. The Balaban J connectivity index is 1.75. The van der Waals surface area contributed by atoms with Gasteiger partial charge in [0.25, 0.3) is 0 Å². The summed E-state index contributed by atoms with van der Waals surface area (Å²) < 4.78 is 10.6. The van der Waals surface area contributed by atoms with Crippen molar-refractivity contribution in [2.45, 2.75) is 13.5 Å². The highest BCUT2D eigenvalue weighted by Crippen LogP contribution is 2.39. The largest absolute Gasteiger partial charge is 0.454 e. The number of pyridine rings is 1. The van der Waals surface area contributed by atoms with Crippen molar-refractivity contribution < 1.29 is 9.47 Å². The van der Waals surface area contributed by atoms with Gasteiger partial charge in [0.2, 0.25) is 6.79 Å². The molecule has 1 aromatic heterocycles. The molecule has 19 heavy (non-hydrogen) atoms. The maximum Gasteiger partial charge on any atom is 0.231 e. The highest BCUT2D eigenvalue weighted by Gasteiger charge is 2.16. The predicted octanol–water partition coefficient (Wildman–Crippen LogP) is 3.38. The average molecular weight is 277 g/mol. The molecule has 1 N–H and O–H groups in total. The van der Waals surface area contributed by atoms with Crippen molar-refractivity contribution >= 4 is 17.3 Å². The number of fused-ring (bicyclic) bond motifs is 1. The van der Waals surface area contributed by atoms with Gasteiger partial charge in [-0.25, -0.2) is 0 Å². The maximum absolute atomic E-state index is 6.18. The first-order chi connectivity index (χ1) is 9.22. The van der Waals surface area contributed by atoms with E-state index in [9.17, 15) is 0 Å². The summed E-state index contributed by atoms with van der Waals surface area (Å²) in [5.74, 6) is 1.40. The van der Waals surface area contributed by atoms with Gasteiger partial charge in [-0.1, -0.05) is 17.7 Å². The Labute approximate surface area is 116 Å². The van der Waals surface area contributed by atoms with Gasteiger partial charge < -0.3 is 14.8 Å². The topological polar surface area (TPSA) is 43.4 Å². The molecule has 0 saturated heterocycles. The number of ether oxygens (including phenoxy) is 2. The van der Waals surface area contributed by atoms with E-state index in [1.54, 1.807) is 6.07 Å². The van der Waals surface area contributed by atoms with Crippen LogP contribution in [0.4, 0.5) is 5.69 Å². The molecule has 2 heterocycles. The summed E-state index contributed by atoms with van der Waals surface area (Å²) in [5.41, 5.74) is 2.91. The van der Waals surface area contributed by atoms with E-state index in [2.05, 4.69) is 10.3 Å². The minimum absolute atomic E-state index is 0.245. The lowest BCUT2D eigenvalue weighted by atomic mass is 10.2. The zero-order valence-electron chi connectivity index (χ0n) is 10.4. The fourth-order valence-electron chi connectivity index (χ4n) is 1.84. The van der Waals surface area contributed by atoms with Gasteiger partial charge in [0, 0.05) is 18.3 Å². The molecule has 3 rings (SSSR count). The van der Waals surface area contributed by atoms with Crippen molar-refractivity contribution in [1.82, 2.24) is 4.98 Å². The van der Waals surface area contributed by atoms with Crippen molar-refractivity contribution in [3.05, 3.63) is 46.7 Å². The van der Waals surface area contributed by atoms with Crippen LogP contribution in [0.1, 0.15) is 11.3 Å². The van der Waals surface area contributed by atoms with Crippen molar-refractivity contribution in [2.24, 2.45) is 0 Å². The molecule has 0 fully saturated rings. The molecule has 0 radical (unpaired) electrons. The lowest BCUT2D eigenvalue weighted by molar-refractivity contribution is 0.174. The Morgan fingerprint density at radius 1 is 1.26 bits per heavy atom. The molecule has 0 atom stereocenters. The van der Waals surface area contributed by atoms with Gasteiger partial charge in [0.15, 0.2) is 11.5 Å². The summed E-state index contributed by atoms with van der Waals surface area (Å²) >= 11 is 6.18. The van der Waals surface area contributed by atoms with Crippen LogP contribution in [-0.4, -0.2) is 11.8 Å². The summed E-state index contributed by atoms with van der Waals surface area (Å²) in [6.07, 6.45) is 1.85. The molecule has 1 aliphatic heterocycles. The van der Waals surface area contributed by atoms with Crippen LogP contribution >= 0.6 is 11.6 Å². The fourth-order valence-corrected chi connectivity index (χ4v) is 2.06. The monoisotopic (exact) mass is 276 g/mol. The predicted molar refractivity (Wildman–Crippen MR) is 73.9 cm³/mol. The SMILES string of the molecule is Cc1ccc(CNc2cc3c(cc2Cl)OCO3)nc1.